The van der Waals surface area contributed by atoms with Crippen LogP contribution in [0.15, 0.2) is 83.5 Å². The summed E-state index contributed by atoms with van der Waals surface area (Å²) in [5, 5.41) is 0.999. The van der Waals surface area contributed by atoms with Gasteiger partial charge in [-0.2, -0.15) is 0 Å². The Morgan fingerprint density at radius 1 is 0.944 bits per heavy atom. The molecule has 4 nitrogen and oxygen atoms in total. The molecule has 0 spiro atoms. The molecule has 2 atom stereocenters. The molecule has 5 rings (SSSR count). The van der Waals surface area contributed by atoms with E-state index in [-0.39, 0.29) is 5.91 Å². The summed E-state index contributed by atoms with van der Waals surface area (Å²) in [6.45, 7) is 8.04. The van der Waals surface area contributed by atoms with Gasteiger partial charge in [-0.25, -0.2) is 0 Å². The Balaban J connectivity index is 1.48. The number of benzene rings is 3. The van der Waals surface area contributed by atoms with Crippen LogP contribution in [0.3, 0.4) is 0 Å². The lowest BCUT2D eigenvalue weighted by atomic mass is 9.91. The minimum atomic E-state index is 0.0666. The predicted octanol–water partition coefficient (Wildman–Crippen LogP) is 7.68. The number of ether oxygens (including phenoxy) is 1. The second-order valence-corrected chi connectivity index (χ2v) is 10.2. The van der Waals surface area contributed by atoms with Crippen LogP contribution in [0.25, 0.3) is 38.8 Å². The van der Waals surface area contributed by atoms with Crippen molar-refractivity contribution >= 4 is 22.4 Å². The highest BCUT2D eigenvalue weighted by atomic mass is 16.5. The summed E-state index contributed by atoms with van der Waals surface area (Å²) in [7, 11) is 1.65. The number of carbonyl (C=O) groups is 1. The summed E-state index contributed by atoms with van der Waals surface area (Å²) in [6, 6.07) is 22.9. The lowest BCUT2D eigenvalue weighted by Crippen LogP contribution is -2.41. The highest BCUT2D eigenvalue weighted by molar-refractivity contribution is 6.00. The largest absolute Gasteiger partial charge is 0.496 e. The summed E-state index contributed by atoms with van der Waals surface area (Å²) in [4.78, 5) is 15.1. The molecule has 1 aromatic heterocycles. The van der Waals surface area contributed by atoms with Crippen LogP contribution in [0.1, 0.15) is 32.8 Å². The van der Waals surface area contributed by atoms with Crippen LogP contribution in [0.4, 0.5) is 0 Å². The van der Waals surface area contributed by atoms with E-state index in [2.05, 4.69) is 68.4 Å². The van der Waals surface area contributed by atoms with Gasteiger partial charge in [-0.15, -0.1) is 0 Å². The molecule has 0 aliphatic carbocycles. The first-order valence-electron chi connectivity index (χ1n) is 12.7. The molecule has 1 saturated heterocycles. The molecule has 4 heteroatoms. The van der Waals surface area contributed by atoms with E-state index in [1.165, 1.54) is 17.5 Å². The van der Waals surface area contributed by atoms with Gasteiger partial charge in [0.25, 0.3) is 0 Å². The average Bonchev–Trinajstić information content (AvgIpc) is 3.30. The Hall–Kier alpha value is -3.79. The van der Waals surface area contributed by atoms with E-state index in [4.69, 9.17) is 9.15 Å². The minimum Gasteiger partial charge on any atom is -0.496 e. The second kappa shape index (κ2) is 10.1. The number of hydrogen-bond acceptors (Lipinski definition) is 3. The van der Waals surface area contributed by atoms with Crippen molar-refractivity contribution in [2.24, 2.45) is 11.8 Å². The van der Waals surface area contributed by atoms with Gasteiger partial charge in [-0.3, -0.25) is 4.79 Å². The van der Waals surface area contributed by atoms with E-state index < -0.39 is 0 Å². The first-order chi connectivity index (χ1) is 17.4. The standard InChI is InChI=1S/C32H33NO3/c1-21-14-22(2)19-33(18-21)32(34)15-23(3)27-16-28-29(20-36-31(28)17-30(27)35-4)26-12-10-25(11-13-26)24-8-6-5-7-9-24/h5-13,15-17,20-22H,14,18-19H2,1-4H3/b23-15+. The van der Waals surface area contributed by atoms with Crippen LogP contribution in [-0.2, 0) is 4.79 Å². The number of hydrogen-bond donors (Lipinski definition) is 0. The Bertz CT molecular complexity index is 1390. The summed E-state index contributed by atoms with van der Waals surface area (Å²) >= 11 is 0. The van der Waals surface area contributed by atoms with Gasteiger partial charge in [0.05, 0.1) is 13.4 Å². The zero-order valence-electron chi connectivity index (χ0n) is 21.5. The quantitative estimate of drug-likeness (QED) is 0.276. The number of likely N-dealkylation sites (tertiary alicyclic amines) is 1. The van der Waals surface area contributed by atoms with E-state index in [0.29, 0.717) is 17.6 Å². The monoisotopic (exact) mass is 479 g/mol. The Kier molecular flexibility index (Phi) is 6.69. The fraction of sp³-hybridized carbons (Fsp3) is 0.281. The maximum atomic E-state index is 13.1. The van der Waals surface area contributed by atoms with Crippen molar-refractivity contribution in [3.05, 3.63) is 84.6 Å². The maximum Gasteiger partial charge on any atom is 0.246 e. The van der Waals surface area contributed by atoms with Crippen molar-refractivity contribution in [2.75, 3.05) is 20.2 Å². The molecule has 1 aliphatic rings. The molecular formula is C32H33NO3. The molecule has 0 bridgehead atoms. The molecule has 0 N–H and O–H groups in total. The predicted molar refractivity (Wildman–Crippen MR) is 147 cm³/mol. The molecule has 1 amide bonds. The van der Waals surface area contributed by atoms with Gasteiger partial charge < -0.3 is 14.1 Å². The van der Waals surface area contributed by atoms with Crippen LogP contribution in [-0.4, -0.2) is 31.0 Å². The Morgan fingerprint density at radius 2 is 1.58 bits per heavy atom. The van der Waals surface area contributed by atoms with Crippen LogP contribution in [0.5, 0.6) is 5.75 Å². The Labute approximate surface area is 213 Å². The molecule has 1 aliphatic heterocycles. The van der Waals surface area contributed by atoms with E-state index in [9.17, 15) is 4.79 Å². The van der Waals surface area contributed by atoms with Crippen LogP contribution in [0.2, 0.25) is 0 Å². The van der Waals surface area contributed by atoms with Crippen molar-refractivity contribution in [3.63, 3.8) is 0 Å². The highest BCUT2D eigenvalue weighted by Crippen LogP contribution is 2.38. The van der Waals surface area contributed by atoms with Crippen molar-refractivity contribution in [3.8, 4) is 28.0 Å². The first kappa shape index (κ1) is 23.9. The van der Waals surface area contributed by atoms with Crippen molar-refractivity contribution in [1.29, 1.82) is 0 Å². The molecular weight excluding hydrogens is 446 g/mol. The number of furan rings is 1. The van der Waals surface area contributed by atoms with Crippen molar-refractivity contribution in [2.45, 2.75) is 27.2 Å². The molecule has 2 unspecified atom stereocenters. The van der Waals surface area contributed by atoms with Crippen molar-refractivity contribution < 1.29 is 13.9 Å². The van der Waals surface area contributed by atoms with E-state index in [1.807, 2.05) is 24.0 Å². The van der Waals surface area contributed by atoms with Crippen LogP contribution in [0, 0.1) is 11.8 Å². The molecule has 0 radical (unpaired) electrons. The van der Waals surface area contributed by atoms with Gasteiger partial charge in [0, 0.05) is 41.7 Å². The number of rotatable bonds is 5. The van der Waals surface area contributed by atoms with Crippen LogP contribution >= 0.6 is 0 Å². The molecule has 184 valence electrons. The molecule has 2 heterocycles. The smallest absolute Gasteiger partial charge is 0.246 e. The number of allylic oxidation sites excluding steroid dienone is 1. The third-order valence-corrected chi connectivity index (χ3v) is 7.14. The van der Waals surface area contributed by atoms with Gasteiger partial charge in [0.1, 0.15) is 11.3 Å². The number of carbonyl (C=O) groups excluding carboxylic acids is 1. The molecule has 4 aromatic rings. The third-order valence-electron chi connectivity index (χ3n) is 7.14. The summed E-state index contributed by atoms with van der Waals surface area (Å²) in [5.74, 6) is 1.82. The maximum absolute atomic E-state index is 13.1. The van der Waals surface area contributed by atoms with Gasteiger partial charge in [0.2, 0.25) is 5.91 Å². The SMILES string of the molecule is COc1cc2occ(-c3ccc(-c4ccccc4)cc3)c2cc1/C(C)=C/C(=O)N1CC(C)CC(C)C1. The molecule has 0 saturated carbocycles. The zero-order valence-corrected chi connectivity index (χ0v) is 21.5. The third kappa shape index (κ3) is 4.81. The molecule has 36 heavy (non-hydrogen) atoms. The van der Waals surface area contributed by atoms with E-state index >= 15 is 0 Å². The van der Waals surface area contributed by atoms with Gasteiger partial charge in [-0.05, 0) is 53.5 Å². The lowest BCUT2D eigenvalue weighted by Gasteiger charge is -2.34. The summed E-state index contributed by atoms with van der Waals surface area (Å²) in [6.07, 6.45) is 4.72. The minimum absolute atomic E-state index is 0.0666. The van der Waals surface area contributed by atoms with Gasteiger partial charge in [0.15, 0.2) is 0 Å². The summed E-state index contributed by atoms with van der Waals surface area (Å²) in [5.41, 5.74) is 7.01. The van der Waals surface area contributed by atoms with Crippen LogP contribution < -0.4 is 4.74 Å². The molecule has 3 aromatic carbocycles. The topological polar surface area (TPSA) is 42.7 Å². The number of amides is 1. The van der Waals surface area contributed by atoms with Gasteiger partial charge >= 0.3 is 0 Å². The molecule has 1 fully saturated rings. The number of piperidine rings is 1. The number of methoxy groups -OCH3 is 1. The Morgan fingerprint density at radius 3 is 2.25 bits per heavy atom. The first-order valence-corrected chi connectivity index (χ1v) is 12.7. The fourth-order valence-electron chi connectivity index (χ4n) is 5.43. The fourth-order valence-corrected chi connectivity index (χ4v) is 5.43. The zero-order chi connectivity index (χ0) is 25.2. The average molecular weight is 480 g/mol. The number of fused-ring (bicyclic) bond motifs is 1. The second-order valence-electron chi connectivity index (χ2n) is 10.2. The van der Waals surface area contributed by atoms with Gasteiger partial charge in [-0.1, -0.05) is 68.4 Å². The van der Waals surface area contributed by atoms with E-state index in [0.717, 1.165) is 46.3 Å². The van der Waals surface area contributed by atoms with E-state index in [1.54, 1.807) is 19.4 Å². The highest BCUT2D eigenvalue weighted by Gasteiger charge is 2.25. The van der Waals surface area contributed by atoms with Crippen molar-refractivity contribution in [1.82, 2.24) is 4.90 Å². The number of nitrogens with zero attached hydrogens (tertiary/aromatic N) is 1. The lowest BCUT2D eigenvalue weighted by molar-refractivity contribution is -0.128. The normalized spacial score (nSPS) is 18.4. The summed E-state index contributed by atoms with van der Waals surface area (Å²) < 4.78 is 11.6.